The van der Waals surface area contributed by atoms with Gasteiger partial charge in [-0.2, -0.15) is 0 Å². The van der Waals surface area contributed by atoms with Crippen molar-refractivity contribution in [3.05, 3.63) is 194 Å². The van der Waals surface area contributed by atoms with Crippen LogP contribution >= 0.6 is 11.3 Å². The van der Waals surface area contributed by atoms with Gasteiger partial charge in [-0.15, -0.1) is 11.3 Å². The normalized spacial score (nSPS) is 11.7. The van der Waals surface area contributed by atoms with E-state index in [-0.39, 0.29) is 0 Å². The third-order valence-corrected chi connectivity index (χ3v) is 12.5. The van der Waals surface area contributed by atoms with Crippen molar-refractivity contribution in [2.24, 2.45) is 0 Å². The molecule has 0 radical (unpaired) electrons. The van der Waals surface area contributed by atoms with Crippen LogP contribution in [0.2, 0.25) is 0 Å². The molecule has 8 aromatic carbocycles. The monoisotopic (exact) mass is 784 g/mol. The summed E-state index contributed by atoms with van der Waals surface area (Å²) in [6.07, 6.45) is 0. The Labute approximate surface area is 348 Å². The maximum absolute atomic E-state index is 6.54. The van der Waals surface area contributed by atoms with Crippen molar-refractivity contribution in [1.29, 1.82) is 0 Å². The van der Waals surface area contributed by atoms with Gasteiger partial charge in [-0.1, -0.05) is 182 Å². The lowest BCUT2D eigenvalue weighted by Crippen LogP contribution is -2.00. The van der Waals surface area contributed by atoms with Crippen molar-refractivity contribution in [3.63, 3.8) is 0 Å². The molecule has 0 fully saturated rings. The molecule has 0 N–H and O–H groups in total. The first-order chi connectivity index (χ1) is 29.7. The van der Waals surface area contributed by atoms with Crippen LogP contribution in [-0.4, -0.2) is 19.9 Å². The fraction of sp³-hybridized carbons (Fsp3) is 0. The highest BCUT2D eigenvalue weighted by atomic mass is 32.1. The van der Waals surface area contributed by atoms with Gasteiger partial charge in [0.2, 0.25) is 0 Å². The number of hydrogen-bond acceptors (Lipinski definition) is 6. The fourth-order valence-corrected chi connectivity index (χ4v) is 9.68. The van der Waals surface area contributed by atoms with Gasteiger partial charge in [0.1, 0.15) is 11.2 Å². The molecular weight excluding hydrogens is 753 g/mol. The van der Waals surface area contributed by atoms with Crippen LogP contribution < -0.4 is 0 Å². The summed E-state index contributed by atoms with van der Waals surface area (Å²) in [4.78, 5) is 20.3. The highest BCUT2D eigenvalue weighted by Gasteiger charge is 2.21. The second kappa shape index (κ2) is 13.9. The third-order valence-electron chi connectivity index (χ3n) is 11.4. The van der Waals surface area contributed by atoms with Crippen LogP contribution in [0.1, 0.15) is 0 Å². The summed E-state index contributed by atoms with van der Waals surface area (Å²) in [6, 6.07) is 67.3. The molecule has 12 rings (SSSR count). The van der Waals surface area contributed by atoms with Crippen LogP contribution in [0.3, 0.4) is 0 Å². The number of aromatic nitrogens is 4. The molecule has 0 saturated heterocycles. The first kappa shape index (κ1) is 34.3. The van der Waals surface area contributed by atoms with Gasteiger partial charge in [-0.05, 0) is 23.3 Å². The van der Waals surface area contributed by atoms with Crippen molar-refractivity contribution in [2.75, 3.05) is 0 Å². The summed E-state index contributed by atoms with van der Waals surface area (Å²) in [7, 11) is 0. The minimum Gasteiger partial charge on any atom is -0.455 e. The molecule has 4 aromatic heterocycles. The maximum Gasteiger partial charge on any atom is 0.164 e. The van der Waals surface area contributed by atoms with Crippen LogP contribution in [-0.2, 0) is 0 Å². The van der Waals surface area contributed by atoms with E-state index >= 15 is 0 Å². The van der Waals surface area contributed by atoms with Gasteiger partial charge >= 0.3 is 0 Å². The van der Waals surface area contributed by atoms with Gasteiger partial charge in [0.05, 0.1) is 15.9 Å². The molecule has 0 spiro atoms. The average molecular weight is 785 g/mol. The smallest absolute Gasteiger partial charge is 0.164 e. The first-order valence-corrected chi connectivity index (χ1v) is 20.8. The van der Waals surface area contributed by atoms with Crippen molar-refractivity contribution >= 4 is 64.4 Å². The molecule has 280 valence electrons. The third kappa shape index (κ3) is 5.69. The van der Waals surface area contributed by atoms with Gasteiger partial charge in [-0.3, -0.25) is 0 Å². The van der Waals surface area contributed by atoms with Crippen LogP contribution in [0.4, 0.5) is 0 Å². The lowest BCUT2D eigenvalue weighted by molar-refractivity contribution is 0.670. The number of rotatable bonds is 6. The summed E-state index contributed by atoms with van der Waals surface area (Å²) in [6.45, 7) is 0. The minimum atomic E-state index is 0.635. The quantitative estimate of drug-likeness (QED) is 0.168. The topological polar surface area (TPSA) is 64.7 Å². The predicted octanol–water partition coefficient (Wildman–Crippen LogP) is 14.7. The van der Waals surface area contributed by atoms with Gasteiger partial charge < -0.3 is 4.42 Å². The van der Waals surface area contributed by atoms with Crippen LogP contribution in [0.5, 0.6) is 0 Å². The fourth-order valence-electron chi connectivity index (χ4n) is 8.45. The van der Waals surface area contributed by atoms with E-state index < -0.39 is 0 Å². The lowest BCUT2D eigenvalue weighted by Gasteiger charge is -2.12. The van der Waals surface area contributed by atoms with Gasteiger partial charge in [0, 0.05) is 65.0 Å². The van der Waals surface area contributed by atoms with E-state index in [4.69, 9.17) is 24.4 Å². The molecule has 0 aliphatic rings. The van der Waals surface area contributed by atoms with Crippen molar-refractivity contribution in [1.82, 2.24) is 19.9 Å². The Morgan fingerprint density at radius 3 is 1.52 bits per heavy atom. The number of thiophene rings is 1. The van der Waals surface area contributed by atoms with Gasteiger partial charge in [-0.25, -0.2) is 19.9 Å². The van der Waals surface area contributed by atoms with E-state index in [0.29, 0.717) is 17.5 Å². The molecule has 0 saturated carbocycles. The molecule has 0 aliphatic heterocycles. The zero-order valence-electron chi connectivity index (χ0n) is 32.1. The standard InChI is InChI=1S/C54H32N4OS/c1-3-13-36(14-4-1)52-56-53(37-15-5-2-6-16-37)58-54(57-52)38-31-27-34(28-32-38)33-25-29-35(30-26-33)48-51-47(43-18-8-10-24-46(43)60-51)44-22-11-19-40(49(44)55-48)42-21-12-20-41-39-17-7-9-23-45(39)59-50(41)42/h1-32H. The lowest BCUT2D eigenvalue weighted by atomic mass is 9.96. The number of fused-ring (bicyclic) bond motifs is 8. The zero-order chi connectivity index (χ0) is 39.6. The van der Waals surface area contributed by atoms with E-state index in [1.54, 1.807) is 11.3 Å². The molecule has 0 unspecified atom stereocenters. The number of pyridine rings is 1. The van der Waals surface area contributed by atoms with E-state index in [0.717, 1.165) is 83.0 Å². The number of hydrogen-bond donors (Lipinski definition) is 0. The summed E-state index contributed by atoms with van der Waals surface area (Å²) in [5.41, 5.74) is 11.9. The van der Waals surface area contributed by atoms with E-state index in [1.165, 1.54) is 20.2 Å². The van der Waals surface area contributed by atoms with E-state index in [9.17, 15) is 0 Å². The average Bonchev–Trinajstić information content (AvgIpc) is 3.91. The molecular formula is C54H32N4OS. The summed E-state index contributed by atoms with van der Waals surface area (Å²) >= 11 is 1.81. The molecule has 4 heterocycles. The van der Waals surface area contributed by atoms with Gasteiger partial charge in [0.25, 0.3) is 0 Å². The SMILES string of the molecule is c1ccc(-c2nc(-c3ccccc3)nc(-c3ccc(-c4ccc(-c5nc6c(-c7cccc8c7oc7ccccc78)cccc6c6c5sc5ccccc56)cc4)cc3)n2)cc1. The highest BCUT2D eigenvalue weighted by Crippen LogP contribution is 2.46. The molecule has 60 heavy (non-hydrogen) atoms. The molecule has 5 nitrogen and oxygen atoms in total. The zero-order valence-corrected chi connectivity index (χ0v) is 32.9. The predicted molar refractivity (Wildman–Crippen MR) is 248 cm³/mol. The van der Waals surface area contributed by atoms with Crippen LogP contribution in [0.15, 0.2) is 199 Å². The van der Waals surface area contributed by atoms with Crippen LogP contribution in [0.25, 0.3) is 121 Å². The van der Waals surface area contributed by atoms with Gasteiger partial charge in [0.15, 0.2) is 17.5 Å². The molecule has 12 aromatic rings. The second-order valence-corrected chi connectivity index (χ2v) is 16.0. The number of furan rings is 1. The summed E-state index contributed by atoms with van der Waals surface area (Å²) < 4.78 is 8.97. The Hall–Kier alpha value is -7.80. The molecule has 0 atom stereocenters. The van der Waals surface area contributed by atoms with Crippen molar-refractivity contribution in [3.8, 4) is 67.7 Å². The second-order valence-electron chi connectivity index (χ2n) is 14.9. The van der Waals surface area contributed by atoms with Crippen LogP contribution in [0, 0.1) is 0 Å². The Morgan fingerprint density at radius 1 is 0.350 bits per heavy atom. The molecule has 0 amide bonds. The largest absolute Gasteiger partial charge is 0.455 e. The Bertz CT molecular complexity index is 3520. The number of para-hydroxylation sites is 3. The molecule has 6 heteroatoms. The van der Waals surface area contributed by atoms with E-state index in [1.807, 2.05) is 72.8 Å². The number of nitrogens with zero attached hydrogens (tertiary/aromatic N) is 4. The minimum absolute atomic E-state index is 0.635. The summed E-state index contributed by atoms with van der Waals surface area (Å²) in [5.74, 6) is 1.93. The Kier molecular flexibility index (Phi) is 7.96. The van der Waals surface area contributed by atoms with E-state index in [2.05, 4.69) is 121 Å². The Balaban J connectivity index is 0.955. The number of benzene rings is 8. The highest BCUT2D eigenvalue weighted by molar-refractivity contribution is 7.26. The molecule has 0 bridgehead atoms. The van der Waals surface area contributed by atoms with Crippen molar-refractivity contribution < 1.29 is 4.42 Å². The molecule has 0 aliphatic carbocycles. The summed E-state index contributed by atoms with van der Waals surface area (Å²) in [5, 5.41) is 5.83. The first-order valence-electron chi connectivity index (χ1n) is 20.0. The van der Waals surface area contributed by atoms with Crippen molar-refractivity contribution in [2.45, 2.75) is 0 Å². The maximum atomic E-state index is 6.54. The Morgan fingerprint density at radius 2 is 0.850 bits per heavy atom.